The van der Waals surface area contributed by atoms with Crippen LogP contribution in [0, 0.1) is 11.8 Å². The summed E-state index contributed by atoms with van der Waals surface area (Å²) in [5, 5.41) is 3.02. The van der Waals surface area contributed by atoms with Gasteiger partial charge >= 0.3 is 0 Å². The molecule has 0 saturated carbocycles. The Hall–Kier alpha value is -2.43. The fraction of sp³-hybridized carbons (Fsp3) is 0.375. The van der Waals surface area contributed by atoms with Crippen LogP contribution in [0.4, 0.5) is 0 Å². The summed E-state index contributed by atoms with van der Waals surface area (Å²) in [7, 11) is 0. The zero-order valence-electron chi connectivity index (χ0n) is 16.1. The number of nitrogens with one attached hydrogen (secondary N) is 1. The van der Waals surface area contributed by atoms with Crippen LogP contribution in [0.1, 0.15) is 24.0 Å². The first-order chi connectivity index (χ1) is 13.8. The van der Waals surface area contributed by atoms with Crippen molar-refractivity contribution in [3.8, 4) is 0 Å². The molecular weight excluding hydrogens is 350 g/mol. The van der Waals surface area contributed by atoms with Crippen LogP contribution < -0.4 is 5.32 Å². The molecule has 4 nitrogen and oxygen atoms in total. The van der Waals surface area contributed by atoms with E-state index < -0.39 is 0 Å². The number of fused-ring (bicyclic) bond motifs is 1. The predicted octanol–water partition coefficient (Wildman–Crippen LogP) is 3.87. The lowest BCUT2D eigenvalue weighted by atomic mass is 9.73. The van der Waals surface area contributed by atoms with Gasteiger partial charge in [0.1, 0.15) is 0 Å². The van der Waals surface area contributed by atoms with Crippen LogP contribution in [0.25, 0.3) is 0 Å². The molecule has 2 aliphatic rings. The number of rotatable bonds is 7. The van der Waals surface area contributed by atoms with Gasteiger partial charge in [-0.05, 0) is 35.0 Å². The molecule has 146 valence electrons. The Balaban J connectivity index is 1.41. The largest absolute Gasteiger partial charge is 0.372 e. The molecule has 1 fully saturated rings. The van der Waals surface area contributed by atoms with Gasteiger partial charge in [0.05, 0.1) is 25.9 Å². The number of hydrogen-bond donors (Lipinski definition) is 1. The minimum Gasteiger partial charge on any atom is -0.372 e. The van der Waals surface area contributed by atoms with Crippen molar-refractivity contribution in [2.75, 3.05) is 13.2 Å². The van der Waals surface area contributed by atoms with E-state index in [4.69, 9.17) is 9.47 Å². The number of carbonyl (C=O) groups excluding carboxylic acids is 1. The second-order valence-electron chi connectivity index (χ2n) is 7.67. The molecule has 2 aromatic carbocycles. The van der Waals surface area contributed by atoms with E-state index in [1.165, 1.54) is 11.1 Å². The quantitative estimate of drug-likeness (QED) is 0.745. The molecule has 0 bridgehead atoms. The lowest BCUT2D eigenvalue weighted by Gasteiger charge is -2.39. The summed E-state index contributed by atoms with van der Waals surface area (Å²) in [6.07, 6.45) is 3.76. The average molecular weight is 377 g/mol. The zero-order valence-corrected chi connectivity index (χ0v) is 16.1. The van der Waals surface area contributed by atoms with Gasteiger partial charge in [-0.2, -0.15) is 0 Å². The highest BCUT2D eigenvalue weighted by molar-refractivity contribution is 5.77. The average Bonchev–Trinajstić information content (AvgIpc) is 2.74. The fourth-order valence-corrected chi connectivity index (χ4v) is 4.15. The lowest BCUT2D eigenvalue weighted by molar-refractivity contribution is -0.124. The van der Waals surface area contributed by atoms with Crippen molar-refractivity contribution >= 4 is 5.91 Å². The van der Waals surface area contributed by atoms with Crippen molar-refractivity contribution in [3.05, 3.63) is 83.4 Å². The summed E-state index contributed by atoms with van der Waals surface area (Å²) in [6, 6.07) is 20.4. The standard InChI is InChI=1S/C24H27NO3/c26-24-13-23-20(14-25-24)11-22(28-16-19-9-5-2-6-10-19)12-21(23)17-27-15-18-7-3-1-4-8-18/h1-10,12,20,22-23H,11,13-17H2,(H,25,26)/t20-,22-,23+/m1/s1. The topological polar surface area (TPSA) is 47.6 Å². The molecule has 1 saturated heterocycles. The van der Waals surface area contributed by atoms with Crippen LogP contribution in [0.15, 0.2) is 72.3 Å². The van der Waals surface area contributed by atoms with Crippen LogP contribution in [-0.4, -0.2) is 25.2 Å². The maximum Gasteiger partial charge on any atom is 0.220 e. The van der Waals surface area contributed by atoms with E-state index in [1.807, 2.05) is 36.4 Å². The molecule has 0 unspecified atom stereocenters. The number of hydrogen-bond acceptors (Lipinski definition) is 3. The van der Waals surface area contributed by atoms with Gasteiger partial charge in [-0.25, -0.2) is 0 Å². The summed E-state index contributed by atoms with van der Waals surface area (Å²) in [4.78, 5) is 11.9. The monoisotopic (exact) mass is 377 g/mol. The van der Waals surface area contributed by atoms with Crippen molar-refractivity contribution in [3.63, 3.8) is 0 Å². The molecular formula is C24H27NO3. The highest BCUT2D eigenvalue weighted by Gasteiger charge is 2.36. The Labute approximate surface area is 166 Å². The van der Waals surface area contributed by atoms with Crippen molar-refractivity contribution in [2.24, 2.45) is 11.8 Å². The number of benzene rings is 2. The Morgan fingerprint density at radius 3 is 2.29 bits per heavy atom. The molecule has 1 heterocycles. The first-order valence-corrected chi connectivity index (χ1v) is 10.0. The van der Waals surface area contributed by atoms with E-state index in [0.717, 1.165) is 18.5 Å². The van der Waals surface area contributed by atoms with Crippen LogP contribution in [0.3, 0.4) is 0 Å². The maximum absolute atomic E-state index is 11.9. The van der Waals surface area contributed by atoms with Gasteiger partial charge in [-0.1, -0.05) is 66.7 Å². The van der Waals surface area contributed by atoms with Crippen LogP contribution in [0.5, 0.6) is 0 Å². The normalized spacial score (nSPS) is 24.2. The summed E-state index contributed by atoms with van der Waals surface area (Å²) < 4.78 is 12.2. The Morgan fingerprint density at radius 2 is 1.57 bits per heavy atom. The minimum absolute atomic E-state index is 0.0618. The SMILES string of the molecule is O=C1C[C@@H]2C(COCc3ccccc3)=C[C@H](OCc3ccccc3)C[C@@H]2CN1. The van der Waals surface area contributed by atoms with E-state index in [-0.39, 0.29) is 17.9 Å². The highest BCUT2D eigenvalue weighted by atomic mass is 16.5. The van der Waals surface area contributed by atoms with Gasteiger partial charge in [-0.15, -0.1) is 0 Å². The van der Waals surface area contributed by atoms with Crippen LogP contribution in [0.2, 0.25) is 0 Å². The molecule has 3 atom stereocenters. The van der Waals surface area contributed by atoms with Gasteiger partial charge in [-0.3, -0.25) is 4.79 Å². The molecule has 28 heavy (non-hydrogen) atoms. The van der Waals surface area contributed by atoms with Crippen LogP contribution >= 0.6 is 0 Å². The minimum atomic E-state index is 0.0618. The number of amides is 1. The molecule has 0 spiro atoms. The Kier molecular flexibility index (Phi) is 6.20. The maximum atomic E-state index is 11.9. The molecule has 4 heteroatoms. The van der Waals surface area contributed by atoms with Crippen molar-refractivity contribution in [2.45, 2.75) is 32.2 Å². The van der Waals surface area contributed by atoms with E-state index in [9.17, 15) is 4.79 Å². The number of piperidine rings is 1. The molecule has 4 rings (SSSR count). The van der Waals surface area contributed by atoms with Crippen LogP contribution in [-0.2, 0) is 27.5 Å². The zero-order chi connectivity index (χ0) is 19.2. The second kappa shape index (κ2) is 9.18. The molecule has 0 aromatic heterocycles. The molecule has 0 radical (unpaired) electrons. The third-order valence-corrected chi connectivity index (χ3v) is 5.63. The van der Waals surface area contributed by atoms with Gasteiger partial charge in [0.15, 0.2) is 0 Å². The third-order valence-electron chi connectivity index (χ3n) is 5.63. The summed E-state index contributed by atoms with van der Waals surface area (Å²) >= 11 is 0. The van der Waals surface area contributed by atoms with E-state index >= 15 is 0 Å². The predicted molar refractivity (Wildman–Crippen MR) is 108 cm³/mol. The highest BCUT2D eigenvalue weighted by Crippen LogP contribution is 2.36. The molecule has 1 amide bonds. The van der Waals surface area contributed by atoms with Gasteiger partial charge < -0.3 is 14.8 Å². The third kappa shape index (κ3) is 4.89. The van der Waals surface area contributed by atoms with E-state index in [0.29, 0.717) is 32.2 Å². The second-order valence-corrected chi connectivity index (χ2v) is 7.67. The summed E-state index contributed by atoms with van der Waals surface area (Å²) in [5.74, 6) is 0.818. The van der Waals surface area contributed by atoms with Crippen molar-refractivity contribution in [1.29, 1.82) is 0 Å². The number of ether oxygens (including phenoxy) is 2. The number of carbonyl (C=O) groups is 1. The smallest absolute Gasteiger partial charge is 0.220 e. The first-order valence-electron chi connectivity index (χ1n) is 10.0. The van der Waals surface area contributed by atoms with Crippen molar-refractivity contribution in [1.82, 2.24) is 5.32 Å². The van der Waals surface area contributed by atoms with E-state index in [1.54, 1.807) is 0 Å². The summed E-state index contributed by atoms with van der Waals surface area (Å²) in [6.45, 7) is 2.46. The van der Waals surface area contributed by atoms with Gasteiger partial charge in [0, 0.05) is 13.0 Å². The van der Waals surface area contributed by atoms with Gasteiger partial charge in [0.2, 0.25) is 5.91 Å². The molecule has 1 N–H and O–H groups in total. The Morgan fingerprint density at radius 1 is 0.893 bits per heavy atom. The van der Waals surface area contributed by atoms with E-state index in [2.05, 4.69) is 35.7 Å². The molecule has 1 aliphatic carbocycles. The Bertz CT molecular complexity index is 803. The molecule has 2 aromatic rings. The van der Waals surface area contributed by atoms with Gasteiger partial charge in [0.25, 0.3) is 0 Å². The summed E-state index contributed by atoms with van der Waals surface area (Å²) in [5.41, 5.74) is 3.55. The van der Waals surface area contributed by atoms with Crippen molar-refractivity contribution < 1.29 is 14.3 Å². The first kappa shape index (κ1) is 18.9. The molecule has 1 aliphatic heterocycles. The fourth-order valence-electron chi connectivity index (χ4n) is 4.15. The lowest BCUT2D eigenvalue weighted by Crippen LogP contribution is -2.45.